The predicted molar refractivity (Wildman–Crippen MR) is 111 cm³/mol. The number of benzene rings is 2. The molecule has 0 aliphatic rings. The first-order valence-corrected chi connectivity index (χ1v) is 9.37. The van der Waals surface area contributed by atoms with Crippen molar-refractivity contribution < 1.29 is 4.79 Å². The van der Waals surface area contributed by atoms with E-state index in [4.69, 9.17) is 16.7 Å². The lowest BCUT2D eigenvalue weighted by atomic mass is 9.92. The average Bonchev–Trinajstić information content (AvgIpc) is 3.06. The number of amides is 1. The second-order valence-electron chi connectivity index (χ2n) is 7.67. The van der Waals surface area contributed by atoms with E-state index in [1.807, 2.05) is 67.6 Å². The van der Waals surface area contributed by atoms with Gasteiger partial charge in [-0.05, 0) is 24.6 Å². The number of nitrogens with zero attached hydrogens (tertiary/aromatic N) is 2. The molecule has 4 nitrogen and oxygen atoms in total. The van der Waals surface area contributed by atoms with Gasteiger partial charge >= 0.3 is 0 Å². The van der Waals surface area contributed by atoms with Gasteiger partial charge in [0.2, 0.25) is 5.91 Å². The minimum Gasteiger partial charge on any atom is -0.309 e. The second-order valence-corrected chi connectivity index (χ2v) is 8.11. The van der Waals surface area contributed by atoms with Crippen LogP contribution >= 0.6 is 11.6 Å². The summed E-state index contributed by atoms with van der Waals surface area (Å²) in [6, 6.07) is 19.2. The van der Waals surface area contributed by atoms with Crippen molar-refractivity contribution >= 4 is 23.3 Å². The molecule has 0 saturated carbocycles. The van der Waals surface area contributed by atoms with Crippen LogP contribution in [0.4, 0.5) is 5.82 Å². The van der Waals surface area contributed by atoms with E-state index in [1.165, 1.54) is 0 Å². The third kappa shape index (κ3) is 4.40. The van der Waals surface area contributed by atoms with E-state index < -0.39 is 5.38 Å². The normalized spacial score (nSPS) is 12.6. The van der Waals surface area contributed by atoms with E-state index in [0.29, 0.717) is 5.82 Å². The SMILES string of the molecule is Cc1ccc(-n2nc(C(C)(C)C)cc2NC(=O)C(Cl)c2ccccc2)cc1. The number of nitrogens with one attached hydrogen (secondary N) is 1. The number of hydrogen-bond acceptors (Lipinski definition) is 2. The molecule has 1 amide bonds. The maximum absolute atomic E-state index is 12.7. The Kier molecular flexibility index (Phi) is 5.38. The Morgan fingerprint density at radius 3 is 2.30 bits per heavy atom. The fraction of sp³-hybridized carbons (Fsp3) is 0.273. The number of aryl methyl sites for hydroxylation is 1. The van der Waals surface area contributed by atoms with E-state index in [1.54, 1.807) is 4.68 Å². The quantitative estimate of drug-likeness (QED) is 0.615. The van der Waals surface area contributed by atoms with Crippen LogP contribution < -0.4 is 5.32 Å². The highest BCUT2D eigenvalue weighted by atomic mass is 35.5. The number of halogens is 1. The molecule has 0 bridgehead atoms. The fourth-order valence-corrected chi connectivity index (χ4v) is 2.88. The van der Waals surface area contributed by atoms with E-state index in [9.17, 15) is 4.79 Å². The van der Waals surface area contributed by atoms with Gasteiger partial charge in [-0.3, -0.25) is 4.79 Å². The molecule has 0 aliphatic heterocycles. The molecule has 3 rings (SSSR count). The summed E-state index contributed by atoms with van der Waals surface area (Å²) in [5.41, 5.74) is 3.56. The summed E-state index contributed by atoms with van der Waals surface area (Å²) in [4.78, 5) is 12.7. The largest absolute Gasteiger partial charge is 0.309 e. The third-order valence-electron chi connectivity index (χ3n) is 4.33. The maximum Gasteiger partial charge on any atom is 0.248 e. The van der Waals surface area contributed by atoms with E-state index in [-0.39, 0.29) is 11.3 Å². The molecular formula is C22H24ClN3O. The Balaban J connectivity index is 1.95. The first-order valence-electron chi connectivity index (χ1n) is 8.93. The van der Waals surface area contributed by atoms with Gasteiger partial charge in [0.25, 0.3) is 0 Å². The van der Waals surface area contributed by atoms with E-state index in [2.05, 4.69) is 26.1 Å². The number of hydrogen-bond donors (Lipinski definition) is 1. The Bertz CT molecular complexity index is 924. The molecule has 0 saturated heterocycles. The lowest BCUT2D eigenvalue weighted by molar-refractivity contribution is -0.116. The summed E-state index contributed by atoms with van der Waals surface area (Å²) >= 11 is 6.38. The summed E-state index contributed by atoms with van der Waals surface area (Å²) in [7, 11) is 0. The summed E-state index contributed by atoms with van der Waals surface area (Å²) in [5, 5.41) is 6.90. The highest BCUT2D eigenvalue weighted by Crippen LogP contribution is 2.28. The van der Waals surface area contributed by atoms with Gasteiger partial charge in [-0.2, -0.15) is 5.10 Å². The summed E-state index contributed by atoms with van der Waals surface area (Å²) < 4.78 is 1.76. The van der Waals surface area contributed by atoms with Crippen LogP contribution in [0, 0.1) is 6.92 Å². The van der Waals surface area contributed by atoms with Crippen LogP contribution in [0.3, 0.4) is 0 Å². The maximum atomic E-state index is 12.7. The summed E-state index contributed by atoms with van der Waals surface area (Å²) in [6.07, 6.45) is 0. The minimum absolute atomic E-state index is 0.144. The van der Waals surface area contributed by atoms with Gasteiger partial charge in [0.1, 0.15) is 11.2 Å². The highest BCUT2D eigenvalue weighted by molar-refractivity contribution is 6.32. The molecular weight excluding hydrogens is 358 g/mol. The van der Waals surface area contributed by atoms with Crippen molar-refractivity contribution in [1.29, 1.82) is 0 Å². The van der Waals surface area contributed by atoms with Crippen LogP contribution in [0.2, 0.25) is 0 Å². The zero-order valence-corrected chi connectivity index (χ0v) is 16.8. The topological polar surface area (TPSA) is 46.9 Å². The molecule has 1 heterocycles. The summed E-state index contributed by atoms with van der Waals surface area (Å²) in [6.45, 7) is 8.31. The lowest BCUT2D eigenvalue weighted by Crippen LogP contribution is -2.19. The zero-order valence-electron chi connectivity index (χ0n) is 16.0. The number of carbonyl (C=O) groups excluding carboxylic acids is 1. The predicted octanol–water partition coefficient (Wildman–Crippen LogP) is 5.40. The van der Waals surface area contributed by atoms with E-state index >= 15 is 0 Å². The van der Waals surface area contributed by atoms with Gasteiger partial charge in [0.15, 0.2) is 0 Å². The Labute approximate surface area is 165 Å². The molecule has 140 valence electrons. The first-order chi connectivity index (χ1) is 12.8. The lowest BCUT2D eigenvalue weighted by Gasteiger charge is -2.14. The van der Waals surface area contributed by atoms with E-state index in [0.717, 1.165) is 22.5 Å². The standard InChI is InChI=1S/C22H24ClN3O/c1-15-10-12-17(13-11-15)26-19(14-18(25-26)22(2,3)4)24-21(27)20(23)16-8-6-5-7-9-16/h5-14,20H,1-4H3,(H,24,27). The molecule has 0 radical (unpaired) electrons. The van der Waals surface area contributed by atoms with Crippen molar-refractivity contribution in [3.8, 4) is 5.69 Å². The van der Waals surface area contributed by atoms with Gasteiger partial charge < -0.3 is 5.32 Å². The van der Waals surface area contributed by atoms with Crippen LogP contribution in [0.5, 0.6) is 0 Å². The number of aromatic nitrogens is 2. The van der Waals surface area contributed by atoms with Crippen LogP contribution in [0.15, 0.2) is 60.7 Å². The molecule has 0 fully saturated rings. The van der Waals surface area contributed by atoms with Gasteiger partial charge in [0.05, 0.1) is 11.4 Å². The summed E-state index contributed by atoms with van der Waals surface area (Å²) in [5.74, 6) is 0.326. The van der Waals surface area contributed by atoms with Crippen molar-refractivity contribution in [3.05, 3.63) is 77.5 Å². The van der Waals surface area contributed by atoms with Crippen molar-refractivity contribution in [2.75, 3.05) is 5.32 Å². The molecule has 1 unspecified atom stereocenters. The Morgan fingerprint density at radius 1 is 1.07 bits per heavy atom. The van der Waals surface area contributed by atoms with Crippen LogP contribution in [0.1, 0.15) is 43.0 Å². The first kappa shape index (κ1) is 19.2. The average molecular weight is 382 g/mol. The highest BCUT2D eigenvalue weighted by Gasteiger charge is 2.24. The van der Waals surface area contributed by atoms with Gasteiger partial charge in [-0.15, -0.1) is 11.6 Å². The van der Waals surface area contributed by atoms with Crippen molar-refractivity contribution in [1.82, 2.24) is 9.78 Å². The molecule has 1 N–H and O–H groups in total. The molecule has 2 aromatic carbocycles. The van der Waals surface area contributed by atoms with Crippen molar-refractivity contribution in [2.24, 2.45) is 0 Å². The molecule has 1 aromatic heterocycles. The second kappa shape index (κ2) is 7.57. The smallest absolute Gasteiger partial charge is 0.248 e. The van der Waals surface area contributed by atoms with Crippen molar-refractivity contribution in [2.45, 2.75) is 38.5 Å². The zero-order chi connectivity index (χ0) is 19.6. The molecule has 1 atom stereocenters. The number of alkyl halides is 1. The molecule has 0 aliphatic carbocycles. The number of rotatable bonds is 4. The number of anilines is 1. The van der Waals surface area contributed by atoms with Crippen LogP contribution in [0.25, 0.3) is 5.69 Å². The van der Waals surface area contributed by atoms with Gasteiger partial charge in [-0.1, -0.05) is 68.8 Å². The van der Waals surface area contributed by atoms with Crippen LogP contribution in [-0.4, -0.2) is 15.7 Å². The number of carbonyl (C=O) groups is 1. The van der Waals surface area contributed by atoms with Gasteiger partial charge in [-0.25, -0.2) is 4.68 Å². The monoisotopic (exact) mass is 381 g/mol. The molecule has 27 heavy (non-hydrogen) atoms. The fourth-order valence-electron chi connectivity index (χ4n) is 2.68. The molecule has 0 spiro atoms. The molecule has 3 aromatic rings. The Morgan fingerprint density at radius 2 is 1.70 bits per heavy atom. The minimum atomic E-state index is -0.773. The third-order valence-corrected chi connectivity index (χ3v) is 4.78. The molecule has 5 heteroatoms. The Hall–Kier alpha value is -2.59. The van der Waals surface area contributed by atoms with Crippen LogP contribution in [-0.2, 0) is 10.2 Å². The van der Waals surface area contributed by atoms with Crippen molar-refractivity contribution in [3.63, 3.8) is 0 Å². The van der Waals surface area contributed by atoms with Gasteiger partial charge in [0, 0.05) is 11.5 Å².